The molecule has 1 amide bonds. The number of halogens is 1. The monoisotopic (exact) mass is 450 g/mol. The van der Waals surface area contributed by atoms with E-state index < -0.39 is 11.2 Å². The lowest BCUT2D eigenvalue weighted by molar-refractivity contribution is -0.116. The fourth-order valence-corrected chi connectivity index (χ4v) is 3.90. The number of hydrogen-bond acceptors (Lipinski definition) is 5. The SMILES string of the molecule is CCCCn1c(N)c(N(CCC(C)C)C(=O)CSCc2ccc(F)cc2)c(=O)[nH]c1=O. The molecule has 0 atom stereocenters. The van der Waals surface area contributed by atoms with Crippen LogP contribution < -0.4 is 21.9 Å². The number of unbranched alkanes of at least 4 members (excludes halogenated alkanes) is 1. The van der Waals surface area contributed by atoms with Crippen molar-refractivity contribution in [1.82, 2.24) is 9.55 Å². The fraction of sp³-hybridized carbons (Fsp3) is 0.500. The maximum Gasteiger partial charge on any atom is 0.330 e. The van der Waals surface area contributed by atoms with Crippen molar-refractivity contribution in [2.24, 2.45) is 5.92 Å². The minimum absolute atomic E-state index is 0.0165. The molecule has 9 heteroatoms. The van der Waals surface area contributed by atoms with Gasteiger partial charge in [-0.2, -0.15) is 0 Å². The van der Waals surface area contributed by atoms with Crippen molar-refractivity contribution in [3.05, 3.63) is 56.5 Å². The van der Waals surface area contributed by atoms with Crippen molar-refractivity contribution in [3.63, 3.8) is 0 Å². The predicted molar refractivity (Wildman–Crippen MR) is 125 cm³/mol. The summed E-state index contributed by atoms with van der Waals surface area (Å²) in [6, 6.07) is 6.12. The Hall–Kier alpha value is -2.55. The van der Waals surface area contributed by atoms with Crippen molar-refractivity contribution >= 4 is 29.2 Å². The number of H-pyrrole nitrogens is 1. The quantitative estimate of drug-likeness (QED) is 0.547. The van der Waals surface area contributed by atoms with E-state index in [1.54, 1.807) is 12.1 Å². The number of amides is 1. The minimum Gasteiger partial charge on any atom is -0.383 e. The van der Waals surface area contributed by atoms with Gasteiger partial charge in [-0.25, -0.2) is 9.18 Å². The van der Waals surface area contributed by atoms with Crippen molar-refractivity contribution < 1.29 is 9.18 Å². The van der Waals surface area contributed by atoms with Crippen molar-refractivity contribution in [2.45, 2.75) is 52.3 Å². The Balaban J connectivity index is 2.26. The summed E-state index contributed by atoms with van der Waals surface area (Å²) in [5, 5.41) is 0. The molecule has 1 heterocycles. The number of thioether (sulfide) groups is 1. The fourth-order valence-electron chi connectivity index (χ4n) is 3.04. The Bertz CT molecular complexity index is 986. The molecule has 0 unspecified atom stereocenters. The summed E-state index contributed by atoms with van der Waals surface area (Å²) in [4.78, 5) is 41.6. The van der Waals surface area contributed by atoms with Gasteiger partial charge < -0.3 is 10.6 Å². The van der Waals surface area contributed by atoms with E-state index in [1.807, 2.05) is 20.8 Å². The Morgan fingerprint density at radius 2 is 1.94 bits per heavy atom. The van der Waals surface area contributed by atoms with Crippen LogP contribution in [-0.4, -0.2) is 27.8 Å². The van der Waals surface area contributed by atoms with Crippen LogP contribution >= 0.6 is 11.8 Å². The van der Waals surface area contributed by atoms with Crippen LogP contribution in [0.25, 0.3) is 0 Å². The number of rotatable bonds is 11. The number of anilines is 2. The first-order valence-electron chi connectivity index (χ1n) is 10.5. The summed E-state index contributed by atoms with van der Waals surface area (Å²) in [6.07, 6.45) is 2.26. The molecule has 0 radical (unpaired) electrons. The topological polar surface area (TPSA) is 101 Å². The number of nitrogens with one attached hydrogen (secondary N) is 1. The minimum atomic E-state index is -0.657. The third-order valence-electron chi connectivity index (χ3n) is 4.86. The summed E-state index contributed by atoms with van der Waals surface area (Å²) in [7, 11) is 0. The molecular formula is C22H31FN4O3S. The van der Waals surface area contributed by atoms with Gasteiger partial charge in [-0.05, 0) is 36.5 Å². The summed E-state index contributed by atoms with van der Waals surface area (Å²) in [5.74, 6) is 0.424. The van der Waals surface area contributed by atoms with Crippen LogP contribution in [0.3, 0.4) is 0 Å². The Kier molecular flexibility index (Phi) is 9.36. The van der Waals surface area contributed by atoms with Crippen LogP contribution in [0.1, 0.15) is 45.6 Å². The highest BCUT2D eigenvalue weighted by Crippen LogP contribution is 2.21. The number of aromatic amines is 1. The van der Waals surface area contributed by atoms with Gasteiger partial charge in [0.1, 0.15) is 11.6 Å². The molecule has 2 rings (SSSR count). The second-order valence-electron chi connectivity index (χ2n) is 7.85. The molecule has 0 saturated heterocycles. The summed E-state index contributed by atoms with van der Waals surface area (Å²) >= 11 is 1.38. The average Bonchev–Trinajstić information content (AvgIpc) is 2.71. The van der Waals surface area contributed by atoms with Gasteiger partial charge in [0.25, 0.3) is 5.56 Å². The van der Waals surface area contributed by atoms with E-state index in [9.17, 15) is 18.8 Å². The third kappa shape index (κ3) is 6.99. The number of nitrogens with zero attached hydrogens (tertiary/aromatic N) is 2. The van der Waals surface area contributed by atoms with Gasteiger partial charge in [0.2, 0.25) is 5.91 Å². The smallest absolute Gasteiger partial charge is 0.330 e. The maximum absolute atomic E-state index is 13.1. The number of benzene rings is 1. The van der Waals surface area contributed by atoms with Gasteiger partial charge in [-0.15, -0.1) is 11.8 Å². The van der Waals surface area contributed by atoms with Gasteiger partial charge in [-0.3, -0.25) is 19.1 Å². The molecule has 0 aliphatic carbocycles. The molecule has 0 fully saturated rings. The van der Waals surface area contributed by atoms with Gasteiger partial charge in [0.15, 0.2) is 5.69 Å². The van der Waals surface area contributed by atoms with E-state index in [2.05, 4.69) is 4.98 Å². The summed E-state index contributed by atoms with van der Waals surface area (Å²) in [5.41, 5.74) is 5.92. The largest absolute Gasteiger partial charge is 0.383 e. The van der Waals surface area contributed by atoms with E-state index in [1.165, 1.54) is 33.4 Å². The zero-order valence-electron chi connectivity index (χ0n) is 18.3. The molecule has 31 heavy (non-hydrogen) atoms. The highest BCUT2D eigenvalue weighted by Gasteiger charge is 2.24. The Morgan fingerprint density at radius 1 is 1.26 bits per heavy atom. The van der Waals surface area contributed by atoms with Gasteiger partial charge >= 0.3 is 5.69 Å². The van der Waals surface area contributed by atoms with Crippen LogP contribution in [0.2, 0.25) is 0 Å². The molecule has 1 aromatic heterocycles. The van der Waals surface area contributed by atoms with E-state index in [4.69, 9.17) is 5.73 Å². The zero-order valence-corrected chi connectivity index (χ0v) is 19.1. The molecule has 3 N–H and O–H groups in total. The predicted octanol–water partition coefficient (Wildman–Crippen LogP) is 3.37. The lowest BCUT2D eigenvalue weighted by Crippen LogP contribution is -2.42. The average molecular weight is 451 g/mol. The van der Waals surface area contributed by atoms with E-state index >= 15 is 0 Å². The normalized spacial score (nSPS) is 11.1. The third-order valence-corrected chi connectivity index (χ3v) is 5.85. The van der Waals surface area contributed by atoms with E-state index in [0.717, 1.165) is 18.4 Å². The molecule has 0 saturated carbocycles. The first kappa shape index (κ1) is 24.7. The molecule has 0 spiro atoms. The molecule has 1 aromatic carbocycles. The maximum atomic E-state index is 13.1. The van der Waals surface area contributed by atoms with E-state index in [0.29, 0.717) is 31.2 Å². The molecular weight excluding hydrogens is 419 g/mol. The first-order chi connectivity index (χ1) is 14.7. The van der Waals surface area contributed by atoms with Crippen molar-refractivity contribution in [2.75, 3.05) is 22.9 Å². The number of carbonyl (C=O) groups is 1. The zero-order chi connectivity index (χ0) is 23.0. The summed E-state index contributed by atoms with van der Waals surface area (Å²) < 4.78 is 14.4. The molecule has 2 aromatic rings. The van der Waals surface area contributed by atoms with Gasteiger partial charge in [0, 0.05) is 18.8 Å². The van der Waals surface area contributed by atoms with Crippen LogP contribution in [0, 0.1) is 11.7 Å². The lowest BCUT2D eigenvalue weighted by Gasteiger charge is -2.25. The molecule has 0 aliphatic heterocycles. The van der Waals surface area contributed by atoms with Crippen LogP contribution in [-0.2, 0) is 17.1 Å². The molecule has 0 bridgehead atoms. The Morgan fingerprint density at radius 3 is 2.55 bits per heavy atom. The lowest BCUT2D eigenvalue weighted by atomic mass is 10.1. The highest BCUT2D eigenvalue weighted by atomic mass is 32.2. The summed E-state index contributed by atoms with van der Waals surface area (Å²) in [6.45, 7) is 6.75. The molecule has 0 aliphatic rings. The molecule has 7 nitrogen and oxygen atoms in total. The van der Waals surface area contributed by atoms with Crippen LogP contribution in [0.5, 0.6) is 0 Å². The van der Waals surface area contributed by atoms with Crippen LogP contribution in [0.15, 0.2) is 33.9 Å². The van der Waals surface area contributed by atoms with Gasteiger partial charge in [0.05, 0.1) is 5.75 Å². The Labute approximate surface area is 185 Å². The number of nitrogen functional groups attached to an aromatic ring is 1. The standard InChI is InChI=1S/C22H31FN4O3S/c1-4-5-11-27-20(24)19(21(29)25-22(27)30)26(12-10-15(2)3)18(28)14-31-13-16-6-8-17(23)9-7-16/h6-9,15H,4-5,10-14,24H2,1-3H3,(H,25,29,30). The number of aromatic nitrogens is 2. The number of nitrogens with two attached hydrogens (primary N) is 1. The van der Waals surface area contributed by atoms with Gasteiger partial charge in [-0.1, -0.05) is 39.3 Å². The van der Waals surface area contributed by atoms with Crippen molar-refractivity contribution in [3.8, 4) is 0 Å². The second kappa shape index (κ2) is 11.7. The highest BCUT2D eigenvalue weighted by molar-refractivity contribution is 7.99. The number of hydrogen-bond donors (Lipinski definition) is 2. The molecule has 170 valence electrons. The van der Waals surface area contributed by atoms with Crippen LogP contribution in [0.4, 0.5) is 15.9 Å². The first-order valence-corrected chi connectivity index (χ1v) is 11.6. The second-order valence-corrected chi connectivity index (χ2v) is 8.83. The van der Waals surface area contributed by atoms with E-state index in [-0.39, 0.29) is 29.0 Å². The number of carbonyl (C=O) groups excluding carboxylic acids is 1. The van der Waals surface area contributed by atoms with Crippen molar-refractivity contribution in [1.29, 1.82) is 0 Å².